The molecule has 14 aromatic rings. The molecule has 2 nitrogen and oxygen atoms in total. The molecule has 0 unspecified atom stereocenters. The predicted octanol–water partition coefficient (Wildman–Crippen LogP) is 19.5. The number of aromatic nitrogens is 1. The van der Waals surface area contributed by atoms with Crippen LogP contribution in [0.1, 0.15) is 0 Å². The molecule has 336 valence electrons. The van der Waals surface area contributed by atoms with E-state index in [1.165, 1.54) is 87.1 Å². The number of hydrogen-bond donors (Lipinski definition) is 0. The van der Waals surface area contributed by atoms with Gasteiger partial charge in [0, 0.05) is 38.7 Å². The Kier molecular flexibility index (Phi) is 9.89. The molecule has 72 heavy (non-hydrogen) atoms. The van der Waals surface area contributed by atoms with E-state index in [4.69, 9.17) is 0 Å². The van der Waals surface area contributed by atoms with Gasteiger partial charge in [0.05, 0.1) is 22.4 Å². The third-order valence-corrected chi connectivity index (χ3v) is 14.8. The van der Waals surface area contributed by atoms with Crippen molar-refractivity contribution in [2.24, 2.45) is 0 Å². The van der Waals surface area contributed by atoms with Crippen LogP contribution >= 0.6 is 0 Å². The van der Waals surface area contributed by atoms with Gasteiger partial charge in [-0.25, -0.2) is 0 Å². The molecule has 0 saturated heterocycles. The minimum atomic E-state index is 1.07. The van der Waals surface area contributed by atoms with E-state index in [1.54, 1.807) is 0 Å². The fourth-order valence-electron chi connectivity index (χ4n) is 11.4. The first-order valence-electron chi connectivity index (χ1n) is 24.8. The molecule has 0 bridgehead atoms. The van der Waals surface area contributed by atoms with Crippen LogP contribution in [0, 0.1) is 0 Å². The Morgan fingerprint density at radius 2 is 0.750 bits per heavy atom. The second kappa shape index (κ2) is 17.2. The summed E-state index contributed by atoms with van der Waals surface area (Å²) in [7, 11) is 0. The van der Waals surface area contributed by atoms with Crippen LogP contribution < -0.4 is 4.90 Å². The monoisotopic (exact) mass is 914 g/mol. The number of nitrogens with zero attached hydrogens (tertiary/aromatic N) is 2. The molecule has 1 aromatic heterocycles. The average Bonchev–Trinajstić information content (AvgIpc) is 3.81. The van der Waals surface area contributed by atoms with Crippen molar-refractivity contribution in [3.8, 4) is 50.2 Å². The Bertz CT molecular complexity index is 4370. The third kappa shape index (κ3) is 6.88. The Morgan fingerprint density at radius 3 is 1.50 bits per heavy atom. The highest BCUT2D eigenvalue weighted by Gasteiger charge is 2.22. The summed E-state index contributed by atoms with van der Waals surface area (Å²) in [5.74, 6) is 0. The van der Waals surface area contributed by atoms with Crippen molar-refractivity contribution >= 4 is 82.0 Å². The lowest BCUT2D eigenvalue weighted by atomic mass is 9.91. The van der Waals surface area contributed by atoms with E-state index in [1.807, 2.05) is 0 Å². The second-order valence-corrected chi connectivity index (χ2v) is 18.8. The topological polar surface area (TPSA) is 8.17 Å². The van der Waals surface area contributed by atoms with Gasteiger partial charge >= 0.3 is 0 Å². The lowest BCUT2D eigenvalue weighted by Gasteiger charge is -2.30. The van der Waals surface area contributed by atoms with Crippen molar-refractivity contribution in [2.75, 3.05) is 4.90 Å². The smallest absolute Gasteiger partial charge is 0.0619 e. The number of hydrogen-bond acceptors (Lipinski definition) is 1. The van der Waals surface area contributed by atoms with Gasteiger partial charge in [-0.15, -0.1) is 0 Å². The molecule has 0 aliphatic heterocycles. The summed E-state index contributed by atoms with van der Waals surface area (Å²) in [4.78, 5) is 2.46. The van der Waals surface area contributed by atoms with Gasteiger partial charge in [0.15, 0.2) is 0 Å². The first-order valence-corrected chi connectivity index (χ1v) is 24.8. The summed E-state index contributed by atoms with van der Waals surface area (Å²) in [6.07, 6.45) is 0. The van der Waals surface area contributed by atoms with E-state index in [2.05, 4.69) is 289 Å². The number of fused-ring (bicyclic) bond motifs is 10. The zero-order valence-corrected chi connectivity index (χ0v) is 39.5. The zero-order valence-electron chi connectivity index (χ0n) is 39.5. The maximum atomic E-state index is 2.46. The molecule has 0 spiro atoms. The van der Waals surface area contributed by atoms with Crippen LogP contribution in [-0.4, -0.2) is 4.57 Å². The Labute approximate surface area is 418 Å². The molecule has 14 rings (SSSR count). The molecule has 0 N–H and O–H groups in total. The summed E-state index contributed by atoms with van der Waals surface area (Å²) in [6, 6.07) is 102. The maximum Gasteiger partial charge on any atom is 0.0619 e. The molecule has 1 heterocycles. The van der Waals surface area contributed by atoms with Gasteiger partial charge < -0.3 is 9.47 Å². The van der Waals surface area contributed by atoms with Crippen molar-refractivity contribution in [2.45, 2.75) is 0 Å². The summed E-state index contributed by atoms with van der Waals surface area (Å²) < 4.78 is 2.46. The average molecular weight is 915 g/mol. The van der Waals surface area contributed by atoms with E-state index in [-0.39, 0.29) is 0 Å². The Hall–Kier alpha value is -9.50. The third-order valence-electron chi connectivity index (χ3n) is 14.8. The molecule has 0 saturated carbocycles. The van der Waals surface area contributed by atoms with Crippen LogP contribution in [0.25, 0.3) is 115 Å². The van der Waals surface area contributed by atoms with Crippen molar-refractivity contribution in [1.82, 2.24) is 4.57 Å². The van der Waals surface area contributed by atoms with Crippen molar-refractivity contribution in [1.29, 1.82) is 0 Å². The summed E-state index contributed by atoms with van der Waals surface area (Å²) in [5, 5.41) is 12.5. The maximum absolute atomic E-state index is 2.46. The largest absolute Gasteiger partial charge is 0.309 e. The number of anilines is 3. The molecular formula is C70H46N2. The molecule has 0 atom stereocenters. The number of benzene rings is 13. The highest BCUT2D eigenvalue weighted by molar-refractivity contribution is 6.21. The first kappa shape index (κ1) is 41.5. The summed E-state index contributed by atoms with van der Waals surface area (Å²) in [5.41, 5.74) is 16.2. The molecule has 13 aromatic carbocycles. The standard InChI is InChI=1S/C70H46N2/c1-2-17-47(18-3-1)48-33-35-51(36-34-48)57-24-10-13-30-67(57)71(54-41-37-52(38-42-54)65-46-66-56-23-6-4-19-49(56)39-43-62(66)60-27-8-9-28-61(60)65)68-31-14-11-25-58(68)53-21-16-22-55(45-53)72-69-32-15-12-29-63(69)64-44-40-50-20-5-7-26-59(50)70(64)72/h1-46H. The number of para-hydroxylation sites is 3. The molecule has 0 radical (unpaired) electrons. The summed E-state index contributed by atoms with van der Waals surface area (Å²) in [6.45, 7) is 0. The van der Waals surface area contributed by atoms with Gasteiger partial charge in [-0.05, 0) is 120 Å². The van der Waals surface area contributed by atoms with Crippen LogP contribution in [0.15, 0.2) is 279 Å². The van der Waals surface area contributed by atoms with Crippen LogP contribution in [0.2, 0.25) is 0 Å². The second-order valence-electron chi connectivity index (χ2n) is 18.8. The minimum absolute atomic E-state index is 1.07. The molecular weight excluding hydrogens is 869 g/mol. The molecule has 0 aliphatic rings. The molecule has 0 amide bonds. The van der Waals surface area contributed by atoms with Gasteiger partial charge in [0.2, 0.25) is 0 Å². The summed E-state index contributed by atoms with van der Waals surface area (Å²) >= 11 is 0. The van der Waals surface area contributed by atoms with E-state index in [0.29, 0.717) is 0 Å². The van der Waals surface area contributed by atoms with Crippen molar-refractivity contribution in [3.63, 3.8) is 0 Å². The van der Waals surface area contributed by atoms with Gasteiger partial charge in [-0.1, -0.05) is 231 Å². The van der Waals surface area contributed by atoms with Crippen LogP contribution in [0.5, 0.6) is 0 Å². The fourth-order valence-corrected chi connectivity index (χ4v) is 11.4. The van der Waals surface area contributed by atoms with E-state index in [9.17, 15) is 0 Å². The lowest BCUT2D eigenvalue weighted by Crippen LogP contribution is -2.12. The minimum Gasteiger partial charge on any atom is -0.309 e. The van der Waals surface area contributed by atoms with E-state index in [0.717, 1.165) is 45.0 Å². The Morgan fingerprint density at radius 1 is 0.250 bits per heavy atom. The van der Waals surface area contributed by atoms with Crippen LogP contribution in [-0.2, 0) is 0 Å². The van der Waals surface area contributed by atoms with E-state index < -0.39 is 0 Å². The fraction of sp³-hybridized carbons (Fsp3) is 0. The quantitative estimate of drug-likeness (QED) is 0.138. The van der Waals surface area contributed by atoms with Crippen LogP contribution in [0.3, 0.4) is 0 Å². The predicted molar refractivity (Wildman–Crippen MR) is 307 cm³/mol. The van der Waals surface area contributed by atoms with Crippen molar-refractivity contribution < 1.29 is 0 Å². The normalized spacial score (nSPS) is 11.6. The first-order chi connectivity index (χ1) is 35.7. The van der Waals surface area contributed by atoms with Gasteiger partial charge in [0.1, 0.15) is 0 Å². The molecule has 2 heteroatoms. The highest BCUT2D eigenvalue weighted by Crippen LogP contribution is 2.47. The highest BCUT2D eigenvalue weighted by atomic mass is 15.1. The molecule has 0 aliphatic carbocycles. The number of rotatable bonds is 8. The SMILES string of the molecule is c1ccc(-c2ccc(-c3ccccc3N(c3ccc(-c4cc5c6ccccc6ccc5c5ccccc45)cc3)c3ccccc3-c3cccc(-n4c5ccccc5c5ccc6ccccc6c54)c3)cc2)cc1. The lowest BCUT2D eigenvalue weighted by molar-refractivity contribution is 1.19. The van der Waals surface area contributed by atoms with Gasteiger partial charge in [-0.3, -0.25) is 0 Å². The van der Waals surface area contributed by atoms with Gasteiger partial charge in [-0.2, -0.15) is 0 Å². The van der Waals surface area contributed by atoms with Gasteiger partial charge in [0.25, 0.3) is 0 Å². The van der Waals surface area contributed by atoms with Crippen molar-refractivity contribution in [3.05, 3.63) is 279 Å². The molecule has 0 fully saturated rings. The van der Waals surface area contributed by atoms with Crippen LogP contribution in [0.4, 0.5) is 17.1 Å². The Balaban J connectivity index is 0.955. The zero-order chi connectivity index (χ0) is 47.5. The van der Waals surface area contributed by atoms with E-state index >= 15 is 0 Å².